The van der Waals surface area contributed by atoms with Crippen molar-refractivity contribution in [1.82, 2.24) is 50.0 Å². The molecule has 0 saturated carbocycles. The molecule has 420 valence electrons. The fraction of sp³-hybridized carbons (Fsp3) is 0.192. The lowest BCUT2D eigenvalue weighted by Gasteiger charge is -2.04. The zero-order valence-electron chi connectivity index (χ0n) is 50.4. The minimum atomic E-state index is 1.00. The van der Waals surface area contributed by atoms with Crippen molar-refractivity contribution >= 4 is 66.2 Å². The number of fused-ring (bicyclic) bond motifs is 18. The summed E-state index contributed by atoms with van der Waals surface area (Å²) in [6.07, 6.45) is 15.0. The Morgan fingerprint density at radius 3 is 1.74 bits per heavy atom. The molecule has 0 saturated heterocycles. The molecule has 0 amide bonds. The number of benzene rings is 3. The first kappa shape index (κ1) is 53.4. The van der Waals surface area contributed by atoms with Gasteiger partial charge in [0.25, 0.3) is 0 Å². The van der Waals surface area contributed by atoms with Gasteiger partial charge in [0.15, 0.2) is 0 Å². The molecule has 18 rings (SSSR count). The summed E-state index contributed by atoms with van der Waals surface area (Å²) < 4.78 is 22.1. The van der Waals surface area contributed by atoms with Crippen molar-refractivity contribution in [2.75, 3.05) is 0 Å². The van der Waals surface area contributed by atoms with Crippen molar-refractivity contribution in [2.45, 2.75) is 54.4 Å². The maximum atomic E-state index is 4.56. The third kappa shape index (κ3) is 9.11. The topological polar surface area (TPSA) is 60.1 Å². The Morgan fingerprint density at radius 1 is 0.357 bits per heavy atom. The second-order valence-electron chi connectivity index (χ2n) is 23.0. The Labute approximate surface area is 490 Å². The molecule has 0 unspecified atom stereocenters. The van der Waals surface area contributed by atoms with Gasteiger partial charge in [0.2, 0.25) is 5.78 Å². The monoisotopic (exact) mass is 1100 g/mol. The number of nitrogens with zero attached hydrogens (tertiary/aromatic N) is 11. The van der Waals surface area contributed by atoms with Crippen LogP contribution in [-0.2, 0) is 55.1 Å². The summed E-state index contributed by atoms with van der Waals surface area (Å²) in [6, 6.07) is 57.9. The molecule has 2 aliphatic rings. The molecule has 84 heavy (non-hydrogen) atoms. The molecule has 0 spiro atoms. The molecule has 13 aromatic heterocycles. The van der Waals surface area contributed by atoms with Crippen molar-refractivity contribution < 1.29 is 0 Å². The molecule has 3 aromatic carbocycles. The van der Waals surface area contributed by atoms with Gasteiger partial charge in [0.1, 0.15) is 0 Å². The van der Waals surface area contributed by atoms with E-state index in [-0.39, 0.29) is 0 Å². The van der Waals surface area contributed by atoms with Gasteiger partial charge < -0.3 is 40.6 Å². The number of pyridine rings is 3. The molecule has 0 atom stereocenters. The van der Waals surface area contributed by atoms with Crippen LogP contribution in [0, 0.1) is 41.5 Å². The summed E-state index contributed by atoms with van der Waals surface area (Å²) in [5.41, 5.74) is 30.6. The van der Waals surface area contributed by atoms with Gasteiger partial charge in [-0.1, -0.05) is 78.9 Å². The average Bonchev–Trinajstić information content (AvgIpc) is 3.90. The molecule has 0 N–H and O–H groups in total. The number of imidazole rings is 2. The van der Waals surface area contributed by atoms with Crippen molar-refractivity contribution in [1.29, 1.82) is 0 Å². The number of rotatable bonds is 0. The number of hydrogen-bond donors (Lipinski definition) is 0. The lowest BCUT2D eigenvalue weighted by Crippen LogP contribution is -1.96. The zero-order valence-corrected chi connectivity index (χ0v) is 50.4. The van der Waals surface area contributed by atoms with Gasteiger partial charge in [0, 0.05) is 160 Å². The van der Waals surface area contributed by atoms with Gasteiger partial charge in [-0.25, -0.2) is 4.98 Å². The molecule has 11 heteroatoms. The largest absolute Gasteiger partial charge is 0.351 e. The van der Waals surface area contributed by atoms with Gasteiger partial charge in [-0.3, -0.25) is 4.40 Å². The summed E-state index contributed by atoms with van der Waals surface area (Å²) in [7, 11) is 12.7. The summed E-state index contributed by atoms with van der Waals surface area (Å²) in [5.74, 6) is 1.00. The number of hydrogen-bond acceptors (Lipinski definition) is 1. The van der Waals surface area contributed by atoms with Crippen LogP contribution in [0.3, 0.4) is 0 Å². The van der Waals surface area contributed by atoms with E-state index in [4.69, 9.17) is 0 Å². The second-order valence-corrected chi connectivity index (χ2v) is 23.0. The Kier molecular flexibility index (Phi) is 13.5. The minimum Gasteiger partial charge on any atom is -0.351 e. The van der Waals surface area contributed by atoms with E-state index in [2.05, 4.69) is 310 Å². The maximum absolute atomic E-state index is 4.56. The molecule has 0 bridgehead atoms. The molecule has 13 heterocycles. The van der Waals surface area contributed by atoms with Gasteiger partial charge in [0.05, 0.1) is 49.8 Å². The van der Waals surface area contributed by atoms with Crippen molar-refractivity contribution in [2.24, 2.45) is 42.3 Å². The highest BCUT2D eigenvalue weighted by molar-refractivity contribution is 5.97. The molecule has 11 nitrogen and oxygen atoms in total. The van der Waals surface area contributed by atoms with Crippen LogP contribution >= 0.6 is 0 Å². The molecule has 2 aliphatic carbocycles. The fourth-order valence-corrected chi connectivity index (χ4v) is 12.7. The van der Waals surface area contributed by atoms with Gasteiger partial charge >= 0.3 is 0 Å². The molecular formula is C73H73N11. The summed E-state index contributed by atoms with van der Waals surface area (Å²) in [4.78, 5) is 4.56. The van der Waals surface area contributed by atoms with E-state index >= 15 is 0 Å². The second kappa shape index (κ2) is 21.1. The van der Waals surface area contributed by atoms with E-state index in [0.29, 0.717) is 0 Å². The van der Waals surface area contributed by atoms with Crippen molar-refractivity contribution in [3.8, 4) is 22.4 Å². The molecule has 16 aromatic rings. The van der Waals surface area contributed by atoms with Crippen LogP contribution in [0.2, 0.25) is 0 Å². The molecule has 0 fully saturated rings. The predicted molar refractivity (Wildman–Crippen MR) is 349 cm³/mol. The zero-order chi connectivity index (χ0) is 58.2. The van der Waals surface area contributed by atoms with E-state index in [1.807, 2.05) is 25.2 Å². The quantitative estimate of drug-likeness (QED) is 0.149. The molecular weight excluding hydrogens is 1030 g/mol. The predicted octanol–water partition coefficient (Wildman–Crippen LogP) is 16.2. The first-order valence-electron chi connectivity index (χ1n) is 29.0. The summed E-state index contributed by atoms with van der Waals surface area (Å²) in [5, 5.41) is 2.65. The van der Waals surface area contributed by atoms with Gasteiger partial charge in [-0.15, -0.1) is 0 Å². The number of aryl methyl sites for hydroxylation is 10. The van der Waals surface area contributed by atoms with Crippen LogP contribution in [0.4, 0.5) is 0 Å². The van der Waals surface area contributed by atoms with E-state index in [9.17, 15) is 0 Å². The average molecular weight is 1100 g/mol. The maximum Gasteiger partial charge on any atom is 0.214 e. The van der Waals surface area contributed by atoms with Crippen molar-refractivity contribution in [3.05, 3.63) is 258 Å². The van der Waals surface area contributed by atoms with Gasteiger partial charge in [-0.05, 0) is 149 Å². The van der Waals surface area contributed by atoms with Crippen LogP contribution in [0.25, 0.3) is 88.6 Å². The van der Waals surface area contributed by atoms with E-state index < -0.39 is 0 Å². The lowest BCUT2D eigenvalue weighted by atomic mass is 10.1. The number of aromatic nitrogens is 11. The highest BCUT2D eigenvalue weighted by Gasteiger charge is 2.23. The standard InChI is InChI=1S/2C13H13N.3C12H12N2.C11H11N3/c1-9-7-11-8-10-5-3-4-6-12(10)13(11)14(9)2;1-9-7-12-11-6-4-3-5-10(11)8-13(12)14(9)2;1-9-7-10-11-5-3-4-6-14(11)8-12(10)13(9)2;1-9-7-10-8-14-6-4-3-5-11(14)12(10)13(9)2;1-9-7-12-11(13(9)2)8-10-5-3-4-6-14(10)12;1-8-7-14-10-6-4-3-5-9(10)12-11(14)13(8)2/h2*3-7H,8H2,1-2H3;3*3-8H,1-2H3;3-7H,1-2H3. The van der Waals surface area contributed by atoms with E-state index in [0.717, 1.165) is 24.1 Å². The number of para-hydroxylation sites is 2. The normalized spacial score (nSPS) is 12.0. The Hall–Kier alpha value is -9.87. The Morgan fingerprint density at radius 2 is 0.952 bits per heavy atom. The van der Waals surface area contributed by atoms with Crippen molar-refractivity contribution in [3.63, 3.8) is 0 Å². The lowest BCUT2D eigenvalue weighted by molar-refractivity contribution is 0.826. The first-order valence-corrected chi connectivity index (χ1v) is 29.0. The molecule has 0 radical (unpaired) electrons. The smallest absolute Gasteiger partial charge is 0.214 e. The highest BCUT2D eigenvalue weighted by atomic mass is 15.2. The van der Waals surface area contributed by atoms with Crippen LogP contribution in [0.5, 0.6) is 0 Å². The minimum absolute atomic E-state index is 1.00. The third-order valence-electron chi connectivity index (χ3n) is 18.0. The van der Waals surface area contributed by atoms with Crippen LogP contribution in [0.15, 0.2) is 201 Å². The third-order valence-corrected chi connectivity index (χ3v) is 18.0. The van der Waals surface area contributed by atoms with E-state index in [1.165, 1.54) is 134 Å². The Balaban J connectivity index is 0.0000000940. The Bertz CT molecular complexity index is 4850. The van der Waals surface area contributed by atoms with Crippen LogP contribution in [0.1, 0.15) is 56.5 Å². The van der Waals surface area contributed by atoms with Gasteiger partial charge in [-0.2, -0.15) is 0 Å². The summed E-state index contributed by atoms with van der Waals surface area (Å²) >= 11 is 0. The first-order chi connectivity index (χ1) is 40.6. The van der Waals surface area contributed by atoms with E-state index in [1.54, 1.807) is 0 Å². The highest BCUT2D eigenvalue weighted by Crippen LogP contribution is 2.39. The summed E-state index contributed by atoms with van der Waals surface area (Å²) in [6.45, 7) is 12.8. The van der Waals surface area contributed by atoms with Crippen LogP contribution in [-0.4, -0.2) is 50.0 Å². The SMILES string of the molecule is Cc1cc2c(cc3ccccn32)n1C.Cc1cc2c(cn3ccccc23)n1C.Cc1cc2c(n1C)-c1ccccc1C2.Cc1cc2c(n1C)Cc1ccccc1-2.Cc1cc2cn3ccccc3c2n1C.Cc1cn2c3ccccc3nc2n1C. The van der Waals surface area contributed by atoms with Crippen LogP contribution < -0.4 is 0 Å². The fourth-order valence-electron chi connectivity index (χ4n) is 12.7. The molecule has 0 aliphatic heterocycles.